The number of rotatable bonds is 2. The number of alkyl halides is 3. The van der Waals surface area contributed by atoms with Crippen LogP contribution in [0.25, 0.3) is 5.65 Å². The fraction of sp³-hybridized carbons (Fsp3) is 0.600. The van der Waals surface area contributed by atoms with Crippen LogP contribution in [-0.2, 0) is 11.0 Å². The Balaban J connectivity index is 1.47. The molecule has 0 saturated carbocycles. The zero-order valence-electron chi connectivity index (χ0n) is 13.4. The number of carbonyl (C=O) groups is 1. The number of nitrogens with zero attached hydrogens (tertiary/aromatic N) is 6. The Morgan fingerprint density at radius 3 is 2.48 bits per heavy atom. The van der Waals surface area contributed by atoms with Gasteiger partial charge in [0.1, 0.15) is 5.82 Å². The van der Waals surface area contributed by atoms with Crippen LogP contribution in [0.1, 0.15) is 25.1 Å². The van der Waals surface area contributed by atoms with E-state index in [9.17, 15) is 18.0 Å². The second kappa shape index (κ2) is 5.85. The number of fused-ring (bicyclic) bond motifs is 1. The van der Waals surface area contributed by atoms with Crippen molar-refractivity contribution in [3.63, 3.8) is 0 Å². The number of halogens is 3. The van der Waals surface area contributed by atoms with Crippen molar-refractivity contribution < 1.29 is 18.0 Å². The molecule has 0 radical (unpaired) electrons. The van der Waals surface area contributed by atoms with Gasteiger partial charge in [-0.15, -0.1) is 15.3 Å². The van der Waals surface area contributed by atoms with E-state index in [1.54, 1.807) is 11.0 Å². The highest BCUT2D eigenvalue weighted by molar-refractivity contribution is 5.82. The molecule has 2 saturated heterocycles. The van der Waals surface area contributed by atoms with E-state index in [0.717, 1.165) is 32.4 Å². The molecule has 25 heavy (non-hydrogen) atoms. The van der Waals surface area contributed by atoms with Crippen LogP contribution in [0.2, 0.25) is 0 Å². The van der Waals surface area contributed by atoms with Gasteiger partial charge in [-0.2, -0.15) is 17.7 Å². The minimum atomic E-state index is -4.62. The van der Waals surface area contributed by atoms with Gasteiger partial charge in [-0.3, -0.25) is 4.79 Å². The second-order valence-corrected chi connectivity index (χ2v) is 6.47. The van der Waals surface area contributed by atoms with Crippen molar-refractivity contribution in [1.29, 1.82) is 0 Å². The van der Waals surface area contributed by atoms with Crippen LogP contribution in [0.15, 0.2) is 12.1 Å². The van der Waals surface area contributed by atoms with Gasteiger partial charge in [0.05, 0.1) is 5.92 Å². The summed E-state index contributed by atoms with van der Waals surface area (Å²) in [7, 11) is 0. The number of carbonyl (C=O) groups excluding carboxylic acids is 1. The highest BCUT2D eigenvalue weighted by atomic mass is 19.4. The van der Waals surface area contributed by atoms with Crippen LogP contribution in [0.3, 0.4) is 0 Å². The molecule has 2 fully saturated rings. The third kappa shape index (κ3) is 2.89. The fourth-order valence-corrected chi connectivity index (χ4v) is 3.32. The summed E-state index contributed by atoms with van der Waals surface area (Å²) in [5.41, 5.74) is 0.0394. The van der Waals surface area contributed by atoms with Gasteiger partial charge in [-0.05, 0) is 31.4 Å². The molecular weight excluding hydrogens is 337 g/mol. The van der Waals surface area contributed by atoms with Gasteiger partial charge in [0.25, 0.3) is 5.82 Å². The van der Waals surface area contributed by atoms with E-state index in [1.165, 1.54) is 6.07 Å². The quantitative estimate of drug-likeness (QED) is 0.819. The van der Waals surface area contributed by atoms with Crippen molar-refractivity contribution in [2.24, 2.45) is 5.92 Å². The first-order valence-electron chi connectivity index (χ1n) is 8.27. The van der Waals surface area contributed by atoms with E-state index in [4.69, 9.17) is 0 Å². The standard InChI is InChI=1S/C15H17F3N6O/c16-15(17,18)14-20-19-11-4-5-12(21-24(11)14)23-8-10(9-23)13(25)22-6-2-1-3-7-22/h4-5,10H,1-3,6-9H2. The van der Waals surface area contributed by atoms with Gasteiger partial charge in [0.2, 0.25) is 5.91 Å². The largest absolute Gasteiger partial charge is 0.453 e. The van der Waals surface area contributed by atoms with Crippen molar-refractivity contribution in [2.75, 3.05) is 31.1 Å². The van der Waals surface area contributed by atoms with E-state index in [1.807, 2.05) is 4.90 Å². The molecule has 2 aromatic heterocycles. The van der Waals surface area contributed by atoms with E-state index < -0.39 is 12.0 Å². The summed E-state index contributed by atoms with van der Waals surface area (Å²) in [4.78, 5) is 16.1. The van der Waals surface area contributed by atoms with E-state index in [0.29, 0.717) is 23.4 Å². The monoisotopic (exact) mass is 354 g/mol. The Hall–Kier alpha value is -2.39. The molecule has 0 spiro atoms. The average Bonchev–Trinajstić information content (AvgIpc) is 2.97. The fourth-order valence-electron chi connectivity index (χ4n) is 3.32. The molecule has 1 amide bonds. The normalized spacial score (nSPS) is 19.3. The Kier molecular flexibility index (Phi) is 3.77. The lowest BCUT2D eigenvalue weighted by atomic mass is 9.97. The zero-order valence-corrected chi connectivity index (χ0v) is 13.4. The molecule has 0 atom stereocenters. The SMILES string of the molecule is O=C(C1CN(c2ccc3nnc(C(F)(F)F)n3n2)C1)N1CCCCC1. The lowest BCUT2D eigenvalue weighted by Gasteiger charge is -2.42. The van der Waals surface area contributed by atoms with Crippen LogP contribution >= 0.6 is 0 Å². The third-order valence-corrected chi connectivity index (χ3v) is 4.72. The molecular formula is C15H17F3N6O. The highest BCUT2D eigenvalue weighted by Gasteiger charge is 2.39. The molecule has 4 heterocycles. The maximum atomic E-state index is 12.9. The Labute approximate surface area is 141 Å². The lowest BCUT2D eigenvalue weighted by Crippen LogP contribution is -2.55. The van der Waals surface area contributed by atoms with E-state index in [2.05, 4.69) is 15.3 Å². The van der Waals surface area contributed by atoms with Gasteiger partial charge < -0.3 is 9.80 Å². The van der Waals surface area contributed by atoms with E-state index in [-0.39, 0.29) is 17.5 Å². The van der Waals surface area contributed by atoms with Crippen molar-refractivity contribution in [2.45, 2.75) is 25.4 Å². The second-order valence-electron chi connectivity index (χ2n) is 6.47. The number of hydrogen-bond acceptors (Lipinski definition) is 5. The Bertz CT molecular complexity index is 792. The van der Waals surface area contributed by atoms with E-state index >= 15 is 0 Å². The van der Waals surface area contributed by atoms with Gasteiger partial charge >= 0.3 is 6.18 Å². The number of amides is 1. The highest BCUT2D eigenvalue weighted by Crippen LogP contribution is 2.29. The van der Waals surface area contributed by atoms with Crippen molar-refractivity contribution in [3.8, 4) is 0 Å². The third-order valence-electron chi connectivity index (χ3n) is 4.72. The predicted octanol–water partition coefficient (Wildman–Crippen LogP) is 1.59. The molecule has 0 aromatic carbocycles. The predicted molar refractivity (Wildman–Crippen MR) is 81.9 cm³/mol. The molecule has 0 aliphatic carbocycles. The van der Waals surface area contributed by atoms with Crippen LogP contribution < -0.4 is 4.90 Å². The minimum Gasteiger partial charge on any atom is -0.353 e. The van der Waals surface area contributed by atoms with Crippen molar-refractivity contribution >= 4 is 17.4 Å². The van der Waals surface area contributed by atoms with Crippen LogP contribution in [0.5, 0.6) is 0 Å². The Morgan fingerprint density at radius 1 is 1.08 bits per heavy atom. The van der Waals surface area contributed by atoms with Crippen LogP contribution in [0.4, 0.5) is 19.0 Å². The van der Waals surface area contributed by atoms with Gasteiger partial charge in [-0.25, -0.2) is 0 Å². The number of aromatic nitrogens is 4. The molecule has 2 aromatic rings. The number of hydrogen-bond donors (Lipinski definition) is 0. The average molecular weight is 354 g/mol. The van der Waals surface area contributed by atoms with Crippen LogP contribution in [0, 0.1) is 5.92 Å². The number of anilines is 1. The first kappa shape index (κ1) is 16.1. The molecule has 0 bridgehead atoms. The first-order valence-corrected chi connectivity index (χ1v) is 8.27. The summed E-state index contributed by atoms with van der Waals surface area (Å²) in [6.07, 6.45) is -1.39. The summed E-state index contributed by atoms with van der Waals surface area (Å²) in [6, 6.07) is 3.05. The summed E-state index contributed by atoms with van der Waals surface area (Å²) in [5, 5.41) is 10.6. The Morgan fingerprint density at radius 2 is 1.80 bits per heavy atom. The van der Waals surface area contributed by atoms with Gasteiger partial charge in [0, 0.05) is 26.2 Å². The molecule has 2 aliphatic rings. The zero-order chi connectivity index (χ0) is 17.6. The molecule has 0 unspecified atom stereocenters. The molecule has 2 aliphatic heterocycles. The summed E-state index contributed by atoms with van der Waals surface area (Å²) in [6.45, 7) is 2.54. The topological polar surface area (TPSA) is 66.6 Å². The smallest absolute Gasteiger partial charge is 0.353 e. The van der Waals surface area contributed by atoms with Crippen molar-refractivity contribution in [3.05, 3.63) is 18.0 Å². The molecule has 0 N–H and O–H groups in total. The molecule has 7 nitrogen and oxygen atoms in total. The summed E-state index contributed by atoms with van der Waals surface area (Å²) in [5.74, 6) is -0.734. The van der Waals surface area contributed by atoms with Crippen LogP contribution in [-0.4, -0.2) is 56.8 Å². The molecule has 10 heteroatoms. The molecule has 4 rings (SSSR count). The lowest BCUT2D eigenvalue weighted by molar-refractivity contribution is -0.146. The minimum absolute atomic E-state index is 0.0394. The number of likely N-dealkylation sites (tertiary alicyclic amines) is 1. The summed E-state index contributed by atoms with van der Waals surface area (Å²) < 4.78 is 39.5. The molecule has 134 valence electrons. The maximum Gasteiger partial charge on any atom is 0.453 e. The first-order chi connectivity index (χ1) is 11.9. The van der Waals surface area contributed by atoms with Crippen molar-refractivity contribution in [1.82, 2.24) is 24.7 Å². The van der Waals surface area contributed by atoms with Gasteiger partial charge in [-0.1, -0.05) is 0 Å². The van der Waals surface area contributed by atoms with Gasteiger partial charge in [0.15, 0.2) is 5.65 Å². The number of piperidine rings is 1. The maximum absolute atomic E-state index is 12.9. The summed E-state index contributed by atoms with van der Waals surface area (Å²) >= 11 is 0.